The zero-order chi connectivity index (χ0) is 10.6. The summed E-state index contributed by atoms with van der Waals surface area (Å²) in [5.41, 5.74) is 7.31. The fourth-order valence-electron chi connectivity index (χ4n) is 1.35. The molecule has 76 valence electrons. The van der Waals surface area contributed by atoms with Gasteiger partial charge in [-0.1, -0.05) is 0 Å². The summed E-state index contributed by atoms with van der Waals surface area (Å²) < 4.78 is 5.08. The van der Waals surface area contributed by atoms with Crippen molar-refractivity contribution in [1.82, 2.24) is 0 Å². The molecule has 1 rings (SSSR count). The highest BCUT2D eigenvalue weighted by atomic mass is 16.5. The number of benzene rings is 1. The van der Waals surface area contributed by atoms with E-state index >= 15 is 0 Å². The van der Waals surface area contributed by atoms with Gasteiger partial charge < -0.3 is 10.5 Å². The van der Waals surface area contributed by atoms with Crippen LogP contribution >= 0.6 is 0 Å². The molecule has 1 aromatic carbocycles. The largest absolute Gasteiger partial charge is 0.497 e. The van der Waals surface area contributed by atoms with Gasteiger partial charge >= 0.3 is 0 Å². The molecule has 14 heavy (non-hydrogen) atoms. The number of methoxy groups -OCH3 is 1. The van der Waals surface area contributed by atoms with Crippen molar-refractivity contribution in [2.45, 2.75) is 19.4 Å². The first-order valence-electron chi connectivity index (χ1n) is 4.55. The highest BCUT2D eigenvalue weighted by molar-refractivity contribution is 5.77. The van der Waals surface area contributed by atoms with Crippen molar-refractivity contribution in [3.05, 3.63) is 29.3 Å². The Morgan fingerprint density at radius 3 is 2.79 bits per heavy atom. The topological polar surface area (TPSA) is 52.3 Å². The number of ether oxygens (including phenoxy) is 1. The van der Waals surface area contributed by atoms with Crippen molar-refractivity contribution < 1.29 is 9.53 Å². The molecule has 0 radical (unpaired) electrons. The molecule has 3 nitrogen and oxygen atoms in total. The number of aldehydes is 1. The summed E-state index contributed by atoms with van der Waals surface area (Å²) in [5, 5.41) is 0. The Morgan fingerprint density at radius 1 is 1.57 bits per heavy atom. The lowest BCUT2D eigenvalue weighted by molar-refractivity contribution is 0.112. The van der Waals surface area contributed by atoms with Gasteiger partial charge in [-0.25, -0.2) is 0 Å². The van der Waals surface area contributed by atoms with E-state index in [2.05, 4.69) is 0 Å². The first kappa shape index (κ1) is 10.7. The summed E-state index contributed by atoms with van der Waals surface area (Å²) in [7, 11) is 1.60. The van der Waals surface area contributed by atoms with E-state index in [0.29, 0.717) is 12.0 Å². The van der Waals surface area contributed by atoms with Gasteiger partial charge in [0.05, 0.1) is 7.11 Å². The summed E-state index contributed by atoms with van der Waals surface area (Å²) >= 11 is 0. The Labute approximate surface area is 83.9 Å². The van der Waals surface area contributed by atoms with E-state index < -0.39 is 0 Å². The predicted molar refractivity (Wildman–Crippen MR) is 55.7 cm³/mol. The van der Waals surface area contributed by atoms with Crippen LogP contribution in [0.1, 0.15) is 22.8 Å². The quantitative estimate of drug-likeness (QED) is 0.735. The molecule has 0 saturated heterocycles. The molecule has 0 heterocycles. The smallest absolute Gasteiger partial charge is 0.150 e. The molecule has 0 aliphatic rings. The monoisotopic (exact) mass is 193 g/mol. The first-order chi connectivity index (χ1) is 6.67. The van der Waals surface area contributed by atoms with E-state index in [1.165, 1.54) is 0 Å². The van der Waals surface area contributed by atoms with Crippen LogP contribution in [0.4, 0.5) is 0 Å². The lowest BCUT2D eigenvalue weighted by Crippen LogP contribution is -2.18. The SMILES string of the molecule is COc1ccc(C=O)c(CC(C)N)c1. The lowest BCUT2D eigenvalue weighted by atomic mass is 10.0. The van der Waals surface area contributed by atoms with Crippen LogP contribution in [0.15, 0.2) is 18.2 Å². The molecule has 0 amide bonds. The van der Waals surface area contributed by atoms with Crippen molar-refractivity contribution >= 4 is 6.29 Å². The van der Waals surface area contributed by atoms with E-state index in [1.807, 2.05) is 13.0 Å². The second kappa shape index (κ2) is 4.77. The second-order valence-electron chi connectivity index (χ2n) is 3.36. The third-order valence-electron chi connectivity index (χ3n) is 2.02. The number of nitrogens with two attached hydrogens (primary N) is 1. The molecule has 1 aromatic rings. The van der Waals surface area contributed by atoms with Crippen molar-refractivity contribution in [2.75, 3.05) is 7.11 Å². The number of rotatable bonds is 4. The maximum Gasteiger partial charge on any atom is 0.150 e. The van der Waals surface area contributed by atoms with Crippen LogP contribution in [-0.4, -0.2) is 19.4 Å². The van der Waals surface area contributed by atoms with Crippen LogP contribution in [0.3, 0.4) is 0 Å². The fourth-order valence-corrected chi connectivity index (χ4v) is 1.35. The Morgan fingerprint density at radius 2 is 2.29 bits per heavy atom. The minimum Gasteiger partial charge on any atom is -0.497 e. The average molecular weight is 193 g/mol. The number of hydrogen-bond acceptors (Lipinski definition) is 3. The van der Waals surface area contributed by atoms with Gasteiger partial charge in [-0.2, -0.15) is 0 Å². The molecule has 0 aliphatic carbocycles. The molecule has 0 bridgehead atoms. The zero-order valence-electron chi connectivity index (χ0n) is 8.49. The van der Waals surface area contributed by atoms with Crippen LogP contribution in [0, 0.1) is 0 Å². The van der Waals surface area contributed by atoms with Gasteiger partial charge in [0.15, 0.2) is 0 Å². The third-order valence-corrected chi connectivity index (χ3v) is 2.02. The summed E-state index contributed by atoms with van der Waals surface area (Å²) in [4.78, 5) is 10.7. The first-order valence-corrected chi connectivity index (χ1v) is 4.55. The summed E-state index contributed by atoms with van der Waals surface area (Å²) in [6, 6.07) is 5.42. The summed E-state index contributed by atoms with van der Waals surface area (Å²) in [6.07, 6.45) is 1.53. The Bertz CT molecular complexity index is 321. The molecule has 2 N–H and O–H groups in total. The van der Waals surface area contributed by atoms with Crippen molar-refractivity contribution in [3.8, 4) is 5.75 Å². The molecule has 0 aliphatic heterocycles. The number of carbonyl (C=O) groups excluding carboxylic acids is 1. The second-order valence-corrected chi connectivity index (χ2v) is 3.36. The molecular formula is C11H15NO2. The lowest BCUT2D eigenvalue weighted by Gasteiger charge is -2.09. The van der Waals surface area contributed by atoms with Crippen LogP contribution < -0.4 is 10.5 Å². The fraction of sp³-hybridized carbons (Fsp3) is 0.364. The minimum atomic E-state index is 0.0424. The van der Waals surface area contributed by atoms with Crippen LogP contribution in [-0.2, 0) is 6.42 Å². The molecule has 3 heteroatoms. The average Bonchev–Trinajstić information content (AvgIpc) is 2.16. The molecule has 0 fully saturated rings. The summed E-state index contributed by atoms with van der Waals surface area (Å²) in [5.74, 6) is 0.756. The van der Waals surface area contributed by atoms with Crippen molar-refractivity contribution in [1.29, 1.82) is 0 Å². The van der Waals surface area contributed by atoms with E-state index in [0.717, 1.165) is 17.6 Å². The normalized spacial score (nSPS) is 12.2. The van der Waals surface area contributed by atoms with Gasteiger partial charge in [0.25, 0.3) is 0 Å². The van der Waals surface area contributed by atoms with Crippen LogP contribution in [0.25, 0.3) is 0 Å². The highest BCUT2D eigenvalue weighted by Crippen LogP contribution is 2.17. The van der Waals surface area contributed by atoms with Crippen LogP contribution in [0.5, 0.6) is 5.75 Å². The summed E-state index contributed by atoms with van der Waals surface area (Å²) in [6.45, 7) is 1.91. The van der Waals surface area contributed by atoms with Gasteiger partial charge in [0, 0.05) is 11.6 Å². The predicted octanol–water partition coefficient (Wildman–Crippen LogP) is 1.40. The molecule has 1 unspecified atom stereocenters. The molecule has 0 saturated carbocycles. The van der Waals surface area contributed by atoms with Gasteiger partial charge in [-0.05, 0) is 37.1 Å². The van der Waals surface area contributed by atoms with E-state index in [9.17, 15) is 4.79 Å². The van der Waals surface area contributed by atoms with Crippen molar-refractivity contribution in [2.24, 2.45) is 5.73 Å². The Balaban J connectivity index is 3.01. The van der Waals surface area contributed by atoms with Gasteiger partial charge in [-0.3, -0.25) is 4.79 Å². The van der Waals surface area contributed by atoms with Gasteiger partial charge in [0.1, 0.15) is 12.0 Å². The molecule has 0 spiro atoms. The molecule has 0 aromatic heterocycles. The number of hydrogen-bond donors (Lipinski definition) is 1. The minimum absolute atomic E-state index is 0.0424. The Hall–Kier alpha value is -1.35. The van der Waals surface area contributed by atoms with Crippen molar-refractivity contribution in [3.63, 3.8) is 0 Å². The molecular weight excluding hydrogens is 178 g/mol. The highest BCUT2D eigenvalue weighted by Gasteiger charge is 2.05. The number of carbonyl (C=O) groups is 1. The van der Waals surface area contributed by atoms with Gasteiger partial charge in [-0.15, -0.1) is 0 Å². The van der Waals surface area contributed by atoms with Gasteiger partial charge in [0.2, 0.25) is 0 Å². The maximum atomic E-state index is 10.7. The van der Waals surface area contributed by atoms with Crippen LogP contribution in [0.2, 0.25) is 0 Å². The zero-order valence-corrected chi connectivity index (χ0v) is 8.49. The third kappa shape index (κ3) is 2.57. The Kier molecular flexibility index (Phi) is 3.65. The standard InChI is InChI=1S/C11H15NO2/c1-8(12)5-10-6-11(14-2)4-3-9(10)7-13/h3-4,6-8H,5,12H2,1-2H3. The van der Waals surface area contributed by atoms with E-state index in [1.54, 1.807) is 19.2 Å². The van der Waals surface area contributed by atoms with E-state index in [-0.39, 0.29) is 6.04 Å². The van der Waals surface area contributed by atoms with E-state index in [4.69, 9.17) is 10.5 Å². The molecule has 1 atom stereocenters. The maximum absolute atomic E-state index is 10.7.